The molecule has 0 saturated carbocycles. The van der Waals surface area contributed by atoms with Crippen molar-refractivity contribution in [1.82, 2.24) is 4.90 Å². The van der Waals surface area contributed by atoms with Crippen LogP contribution in [0, 0.1) is 11.8 Å². The number of para-hydroxylation sites is 1. The summed E-state index contributed by atoms with van der Waals surface area (Å²) >= 11 is 0. The summed E-state index contributed by atoms with van der Waals surface area (Å²) in [6.07, 6.45) is 1.72. The fourth-order valence-electron chi connectivity index (χ4n) is 4.64. The highest BCUT2D eigenvalue weighted by Crippen LogP contribution is 2.32. The average molecular weight is 457 g/mol. The highest BCUT2D eigenvalue weighted by molar-refractivity contribution is 7.92. The lowest BCUT2D eigenvalue weighted by Gasteiger charge is -2.34. The van der Waals surface area contributed by atoms with Crippen LogP contribution in [-0.2, 0) is 26.0 Å². The van der Waals surface area contributed by atoms with Gasteiger partial charge in [-0.05, 0) is 54.5 Å². The number of amides is 1. The number of benzene rings is 2. The Balaban J connectivity index is 1.45. The minimum atomic E-state index is -3.82. The van der Waals surface area contributed by atoms with Crippen LogP contribution in [0.15, 0.2) is 53.4 Å². The Labute approximate surface area is 189 Å². The zero-order chi connectivity index (χ0) is 22.9. The smallest absolute Gasteiger partial charge is 0.338 e. The first-order chi connectivity index (χ1) is 15.3. The molecular weight excluding hydrogens is 428 g/mol. The van der Waals surface area contributed by atoms with Gasteiger partial charge in [0.2, 0.25) is 0 Å². The van der Waals surface area contributed by atoms with E-state index in [-0.39, 0.29) is 23.0 Å². The fourth-order valence-corrected chi connectivity index (χ4v) is 6.19. The number of sulfonamides is 1. The Morgan fingerprint density at radius 1 is 1.03 bits per heavy atom. The number of ether oxygens (including phenoxy) is 1. The van der Waals surface area contributed by atoms with Crippen molar-refractivity contribution in [3.8, 4) is 0 Å². The molecule has 32 heavy (non-hydrogen) atoms. The lowest BCUT2D eigenvalue weighted by Crippen LogP contribution is -2.44. The molecule has 0 unspecified atom stereocenters. The SMILES string of the molecule is C[C@@H]1C[C@H](C)CN(C(=O)COC(=O)c2cccc(S(=O)(=O)N3CCc4ccccc43)c2)C1. The van der Waals surface area contributed by atoms with Crippen molar-refractivity contribution in [3.05, 3.63) is 59.7 Å². The van der Waals surface area contributed by atoms with Crippen molar-refractivity contribution in [2.45, 2.75) is 31.6 Å². The van der Waals surface area contributed by atoms with Gasteiger partial charge in [-0.15, -0.1) is 0 Å². The summed E-state index contributed by atoms with van der Waals surface area (Å²) in [7, 11) is -3.82. The van der Waals surface area contributed by atoms with Crippen molar-refractivity contribution in [3.63, 3.8) is 0 Å². The Morgan fingerprint density at radius 2 is 1.75 bits per heavy atom. The molecule has 4 rings (SSSR count). The largest absolute Gasteiger partial charge is 0.452 e. The number of piperidine rings is 1. The van der Waals surface area contributed by atoms with E-state index in [1.807, 2.05) is 12.1 Å². The van der Waals surface area contributed by atoms with Crippen LogP contribution in [0.2, 0.25) is 0 Å². The summed E-state index contributed by atoms with van der Waals surface area (Å²) < 4.78 is 33.0. The second-order valence-corrected chi connectivity index (χ2v) is 10.7. The summed E-state index contributed by atoms with van der Waals surface area (Å²) in [4.78, 5) is 26.8. The van der Waals surface area contributed by atoms with Gasteiger partial charge in [0.1, 0.15) is 0 Å². The van der Waals surface area contributed by atoms with E-state index in [2.05, 4.69) is 13.8 Å². The molecule has 0 radical (unpaired) electrons. The Hall–Kier alpha value is -2.87. The number of anilines is 1. The molecule has 1 fully saturated rings. The molecule has 2 aliphatic rings. The number of carbonyl (C=O) groups excluding carboxylic acids is 2. The number of nitrogens with zero attached hydrogens (tertiary/aromatic N) is 2. The van der Waals surface area contributed by atoms with E-state index in [1.54, 1.807) is 17.0 Å². The van der Waals surface area contributed by atoms with Crippen LogP contribution < -0.4 is 4.31 Å². The number of carbonyl (C=O) groups is 2. The molecular formula is C24H28N2O5S. The molecule has 0 aromatic heterocycles. The van der Waals surface area contributed by atoms with Gasteiger partial charge in [-0.1, -0.05) is 38.1 Å². The first kappa shape index (κ1) is 22.3. The van der Waals surface area contributed by atoms with E-state index in [0.717, 1.165) is 12.0 Å². The maximum atomic E-state index is 13.2. The van der Waals surface area contributed by atoms with Crippen LogP contribution in [-0.4, -0.2) is 51.4 Å². The normalized spacial score (nSPS) is 20.7. The monoisotopic (exact) mass is 456 g/mol. The fraction of sp³-hybridized carbons (Fsp3) is 0.417. The second kappa shape index (κ2) is 8.94. The maximum absolute atomic E-state index is 13.2. The molecule has 7 nitrogen and oxygen atoms in total. The topological polar surface area (TPSA) is 84.0 Å². The number of likely N-dealkylation sites (tertiary alicyclic amines) is 1. The van der Waals surface area contributed by atoms with Crippen LogP contribution in [0.4, 0.5) is 5.69 Å². The van der Waals surface area contributed by atoms with Gasteiger partial charge in [0.25, 0.3) is 15.9 Å². The van der Waals surface area contributed by atoms with E-state index in [0.29, 0.717) is 43.6 Å². The predicted octanol–water partition coefficient (Wildman–Crippen LogP) is 3.10. The number of rotatable bonds is 5. The Bertz CT molecular complexity index is 1120. The summed E-state index contributed by atoms with van der Waals surface area (Å²) in [5.74, 6) is -0.114. The molecule has 0 spiro atoms. The van der Waals surface area contributed by atoms with Gasteiger partial charge in [-0.25, -0.2) is 13.2 Å². The third kappa shape index (κ3) is 4.50. The van der Waals surface area contributed by atoms with E-state index >= 15 is 0 Å². The molecule has 2 heterocycles. The second-order valence-electron chi connectivity index (χ2n) is 8.80. The standard InChI is InChI=1S/C24H28N2O5S/c1-17-12-18(2)15-25(14-17)23(27)16-31-24(28)20-7-5-8-21(13-20)32(29,30)26-11-10-19-6-3-4-9-22(19)26/h3-9,13,17-18H,10-12,14-16H2,1-2H3/t17-,18+. The molecule has 1 saturated heterocycles. The number of hydrogen-bond donors (Lipinski definition) is 0. The van der Waals surface area contributed by atoms with E-state index in [9.17, 15) is 18.0 Å². The first-order valence-electron chi connectivity index (χ1n) is 10.9. The molecule has 0 aliphatic carbocycles. The Kier molecular flexibility index (Phi) is 6.24. The van der Waals surface area contributed by atoms with Crippen LogP contribution in [0.5, 0.6) is 0 Å². The van der Waals surface area contributed by atoms with E-state index in [1.165, 1.54) is 28.6 Å². The molecule has 2 aromatic rings. The molecule has 2 aromatic carbocycles. The van der Waals surface area contributed by atoms with Gasteiger partial charge >= 0.3 is 5.97 Å². The third-order valence-electron chi connectivity index (χ3n) is 6.05. The van der Waals surface area contributed by atoms with Gasteiger partial charge in [-0.2, -0.15) is 0 Å². The Morgan fingerprint density at radius 3 is 2.50 bits per heavy atom. The molecule has 170 valence electrons. The number of esters is 1. The van der Waals surface area contributed by atoms with Crippen molar-refractivity contribution in [2.75, 3.05) is 30.5 Å². The quantitative estimate of drug-likeness (QED) is 0.646. The van der Waals surface area contributed by atoms with Crippen LogP contribution >= 0.6 is 0 Å². The van der Waals surface area contributed by atoms with Gasteiger partial charge < -0.3 is 9.64 Å². The van der Waals surface area contributed by atoms with Crippen LogP contribution in [0.25, 0.3) is 0 Å². The lowest BCUT2D eigenvalue weighted by molar-refractivity contribution is -0.137. The van der Waals surface area contributed by atoms with Crippen molar-refractivity contribution >= 4 is 27.6 Å². The summed E-state index contributed by atoms with van der Waals surface area (Å²) in [6, 6.07) is 13.2. The zero-order valence-electron chi connectivity index (χ0n) is 18.4. The summed E-state index contributed by atoms with van der Waals surface area (Å²) in [5.41, 5.74) is 1.74. The molecule has 8 heteroatoms. The minimum absolute atomic E-state index is 0.0219. The maximum Gasteiger partial charge on any atom is 0.338 e. The first-order valence-corrected chi connectivity index (χ1v) is 12.4. The zero-order valence-corrected chi connectivity index (χ0v) is 19.2. The molecule has 2 atom stereocenters. The van der Waals surface area contributed by atoms with Gasteiger partial charge in [0.05, 0.1) is 16.1 Å². The van der Waals surface area contributed by atoms with Crippen molar-refractivity contribution in [2.24, 2.45) is 11.8 Å². The highest BCUT2D eigenvalue weighted by Gasteiger charge is 2.31. The van der Waals surface area contributed by atoms with E-state index < -0.39 is 16.0 Å². The van der Waals surface area contributed by atoms with Gasteiger partial charge in [0, 0.05) is 19.6 Å². The van der Waals surface area contributed by atoms with Crippen molar-refractivity contribution < 1.29 is 22.7 Å². The molecule has 1 amide bonds. The number of fused-ring (bicyclic) bond motifs is 1. The third-order valence-corrected chi connectivity index (χ3v) is 7.86. The lowest BCUT2D eigenvalue weighted by atomic mass is 9.92. The molecule has 0 N–H and O–H groups in total. The van der Waals surface area contributed by atoms with Crippen LogP contribution in [0.1, 0.15) is 36.2 Å². The molecule has 2 aliphatic heterocycles. The van der Waals surface area contributed by atoms with E-state index in [4.69, 9.17) is 4.74 Å². The predicted molar refractivity (Wildman–Crippen MR) is 121 cm³/mol. The van der Waals surface area contributed by atoms with Crippen LogP contribution in [0.3, 0.4) is 0 Å². The summed E-state index contributed by atoms with van der Waals surface area (Å²) in [5, 5.41) is 0. The van der Waals surface area contributed by atoms with Gasteiger partial charge in [0.15, 0.2) is 6.61 Å². The number of hydrogen-bond acceptors (Lipinski definition) is 5. The summed E-state index contributed by atoms with van der Waals surface area (Å²) in [6.45, 7) is 5.53. The van der Waals surface area contributed by atoms with Gasteiger partial charge in [-0.3, -0.25) is 9.10 Å². The van der Waals surface area contributed by atoms with Crippen molar-refractivity contribution in [1.29, 1.82) is 0 Å². The average Bonchev–Trinajstić information content (AvgIpc) is 3.21. The highest BCUT2D eigenvalue weighted by atomic mass is 32.2. The molecule has 0 bridgehead atoms. The minimum Gasteiger partial charge on any atom is -0.452 e.